The average Bonchev–Trinajstić information content (AvgIpc) is 2.95. The summed E-state index contributed by atoms with van der Waals surface area (Å²) in [6.45, 7) is 0.640. The third-order valence-electron chi connectivity index (χ3n) is 4.54. The van der Waals surface area contributed by atoms with E-state index in [-0.39, 0.29) is 6.04 Å². The molecule has 5 nitrogen and oxygen atoms in total. The summed E-state index contributed by atoms with van der Waals surface area (Å²) in [6.07, 6.45) is 7.06. The van der Waals surface area contributed by atoms with E-state index < -0.39 is 10.0 Å². The fraction of sp³-hybridized carbons (Fsp3) is 0.643. The number of aromatic nitrogens is 1. The van der Waals surface area contributed by atoms with E-state index >= 15 is 0 Å². The summed E-state index contributed by atoms with van der Waals surface area (Å²) in [7, 11) is -1.75. The van der Waals surface area contributed by atoms with Gasteiger partial charge in [0.15, 0.2) is 0 Å². The van der Waals surface area contributed by atoms with Gasteiger partial charge in [0.2, 0.25) is 10.0 Å². The molecule has 0 radical (unpaired) electrons. The monoisotopic (exact) mass is 295 g/mol. The molecule has 1 N–H and O–H groups in total. The Labute approximate surface area is 120 Å². The number of piperidine rings is 1. The summed E-state index contributed by atoms with van der Waals surface area (Å²) in [5.74, 6) is 0.987. The Morgan fingerprint density at radius 2 is 2.10 bits per heavy atom. The van der Waals surface area contributed by atoms with Crippen LogP contribution in [0.5, 0.6) is 0 Å². The Hall–Kier alpha value is -1.14. The summed E-state index contributed by atoms with van der Waals surface area (Å²) >= 11 is 0. The molecule has 3 rings (SSSR count). The van der Waals surface area contributed by atoms with Crippen molar-refractivity contribution in [3.05, 3.63) is 18.3 Å². The molecule has 1 aromatic heterocycles. The molecule has 1 aromatic rings. The number of hydrogen-bond acceptors (Lipinski definition) is 4. The molecular weight excluding hydrogens is 274 g/mol. The van der Waals surface area contributed by atoms with Crippen LogP contribution in [0.1, 0.15) is 32.1 Å². The maximum absolute atomic E-state index is 13.0. The van der Waals surface area contributed by atoms with Crippen LogP contribution in [0.3, 0.4) is 0 Å². The molecule has 0 spiro atoms. The van der Waals surface area contributed by atoms with Crippen LogP contribution in [0, 0.1) is 5.92 Å². The zero-order valence-electron chi connectivity index (χ0n) is 11.7. The van der Waals surface area contributed by atoms with Crippen molar-refractivity contribution >= 4 is 15.8 Å². The normalized spacial score (nSPS) is 27.2. The van der Waals surface area contributed by atoms with Crippen LogP contribution in [-0.4, -0.2) is 37.3 Å². The molecular formula is C14H21N3O2S. The summed E-state index contributed by atoms with van der Waals surface area (Å²) in [5, 5.41) is 2.88. The first kappa shape index (κ1) is 13.8. The third-order valence-corrected chi connectivity index (χ3v) is 6.49. The van der Waals surface area contributed by atoms with Crippen LogP contribution in [0.2, 0.25) is 0 Å². The van der Waals surface area contributed by atoms with Gasteiger partial charge in [0.1, 0.15) is 10.7 Å². The fourth-order valence-electron chi connectivity index (χ4n) is 3.62. The van der Waals surface area contributed by atoms with Gasteiger partial charge < -0.3 is 5.32 Å². The first-order valence-corrected chi connectivity index (χ1v) is 8.73. The zero-order chi connectivity index (χ0) is 14.2. The van der Waals surface area contributed by atoms with Crippen molar-refractivity contribution in [2.75, 3.05) is 18.9 Å². The number of anilines is 1. The summed E-state index contributed by atoms with van der Waals surface area (Å²) in [6, 6.07) is 3.52. The van der Waals surface area contributed by atoms with Crippen molar-refractivity contribution in [3.63, 3.8) is 0 Å². The van der Waals surface area contributed by atoms with Gasteiger partial charge in [-0.05, 0) is 43.7 Å². The Balaban J connectivity index is 1.98. The largest absolute Gasteiger partial charge is 0.372 e. The van der Waals surface area contributed by atoms with Crippen LogP contribution < -0.4 is 5.32 Å². The van der Waals surface area contributed by atoms with Gasteiger partial charge in [-0.2, -0.15) is 4.31 Å². The molecule has 2 unspecified atom stereocenters. The van der Waals surface area contributed by atoms with E-state index in [2.05, 4.69) is 10.3 Å². The number of sulfonamides is 1. The highest BCUT2D eigenvalue weighted by Crippen LogP contribution is 2.39. The minimum atomic E-state index is -3.45. The van der Waals surface area contributed by atoms with Crippen molar-refractivity contribution in [2.45, 2.75) is 43.0 Å². The lowest BCUT2D eigenvalue weighted by molar-refractivity contribution is 0.202. The molecule has 0 amide bonds. The van der Waals surface area contributed by atoms with Gasteiger partial charge in [-0.3, -0.25) is 0 Å². The van der Waals surface area contributed by atoms with Crippen molar-refractivity contribution in [1.82, 2.24) is 9.29 Å². The van der Waals surface area contributed by atoms with Crippen molar-refractivity contribution in [2.24, 2.45) is 5.92 Å². The topological polar surface area (TPSA) is 62.3 Å². The quantitative estimate of drug-likeness (QED) is 0.927. The molecule has 20 heavy (non-hydrogen) atoms. The summed E-state index contributed by atoms with van der Waals surface area (Å²) in [5.41, 5.74) is 0. The molecule has 1 aliphatic heterocycles. The predicted molar refractivity (Wildman–Crippen MR) is 78.0 cm³/mol. The number of fused-ring (bicyclic) bond motifs is 1. The van der Waals surface area contributed by atoms with E-state index in [0.717, 1.165) is 19.3 Å². The number of pyridine rings is 1. The van der Waals surface area contributed by atoms with Gasteiger partial charge in [-0.15, -0.1) is 0 Å². The Bertz CT molecular complexity index is 588. The van der Waals surface area contributed by atoms with E-state index in [0.29, 0.717) is 23.2 Å². The second kappa shape index (κ2) is 5.33. The number of nitrogens with zero attached hydrogens (tertiary/aromatic N) is 2. The standard InChI is InChI=1S/C14H21N3O2S/c1-15-14-13(8-3-9-16-14)20(18,19)17-10-4-6-11-5-2-7-12(11)17/h3,8-9,11-12H,2,4-7,10H2,1H3,(H,15,16). The van der Waals surface area contributed by atoms with Gasteiger partial charge in [-0.25, -0.2) is 13.4 Å². The number of hydrogen-bond donors (Lipinski definition) is 1. The lowest BCUT2D eigenvalue weighted by atomic mass is 9.94. The van der Waals surface area contributed by atoms with Crippen molar-refractivity contribution in [1.29, 1.82) is 0 Å². The van der Waals surface area contributed by atoms with E-state index in [1.807, 2.05) is 0 Å². The van der Waals surface area contributed by atoms with Crippen LogP contribution >= 0.6 is 0 Å². The second-order valence-electron chi connectivity index (χ2n) is 5.62. The molecule has 1 saturated carbocycles. The van der Waals surface area contributed by atoms with Gasteiger partial charge >= 0.3 is 0 Å². The molecule has 2 aliphatic rings. The van der Waals surface area contributed by atoms with Crippen LogP contribution in [0.25, 0.3) is 0 Å². The van der Waals surface area contributed by atoms with Gasteiger partial charge in [0.25, 0.3) is 0 Å². The van der Waals surface area contributed by atoms with Crippen molar-refractivity contribution in [3.8, 4) is 0 Å². The fourth-order valence-corrected chi connectivity index (χ4v) is 5.53. The Morgan fingerprint density at radius 1 is 1.30 bits per heavy atom. The predicted octanol–water partition coefficient (Wildman–Crippen LogP) is 2.08. The van der Waals surface area contributed by atoms with Gasteiger partial charge in [0, 0.05) is 25.8 Å². The average molecular weight is 295 g/mol. The molecule has 2 fully saturated rings. The molecule has 1 saturated heterocycles. The number of rotatable bonds is 3. The lowest BCUT2D eigenvalue weighted by Gasteiger charge is -2.36. The minimum absolute atomic E-state index is 0.193. The molecule has 2 atom stereocenters. The molecule has 110 valence electrons. The SMILES string of the molecule is CNc1ncccc1S(=O)(=O)N1CCCC2CCCC21. The third kappa shape index (κ3) is 2.20. The van der Waals surface area contributed by atoms with E-state index in [4.69, 9.17) is 0 Å². The van der Waals surface area contributed by atoms with Crippen LogP contribution in [0.4, 0.5) is 5.82 Å². The molecule has 2 heterocycles. The Kier molecular flexibility index (Phi) is 3.69. The van der Waals surface area contributed by atoms with E-state index in [1.165, 1.54) is 12.8 Å². The number of nitrogens with one attached hydrogen (secondary N) is 1. The zero-order valence-corrected chi connectivity index (χ0v) is 12.6. The molecule has 1 aliphatic carbocycles. The minimum Gasteiger partial charge on any atom is -0.372 e. The second-order valence-corrected chi connectivity index (χ2v) is 7.48. The molecule has 6 heteroatoms. The lowest BCUT2D eigenvalue weighted by Crippen LogP contribution is -2.46. The first-order valence-electron chi connectivity index (χ1n) is 7.29. The van der Waals surface area contributed by atoms with E-state index in [9.17, 15) is 8.42 Å². The first-order chi connectivity index (χ1) is 9.64. The highest BCUT2D eigenvalue weighted by Gasteiger charge is 2.41. The molecule has 0 bridgehead atoms. The van der Waals surface area contributed by atoms with Crippen molar-refractivity contribution < 1.29 is 8.42 Å². The summed E-state index contributed by atoms with van der Waals surface area (Å²) in [4.78, 5) is 4.43. The van der Waals surface area contributed by atoms with Gasteiger partial charge in [-0.1, -0.05) is 6.42 Å². The maximum atomic E-state index is 13.0. The highest BCUT2D eigenvalue weighted by molar-refractivity contribution is 7.89. The van der Waals surface area contributed by atoms with Crippen LogP contribution in [-0.2, 0) is 10.0 Å². The molecule has 0 aromatic carbocycles. The summed E-state index contributed by atoms with van der Waals surface area (Å²) < 4.78 is 27.6. The van der Waals surface area contributed by atoms with Gasteiger partial charge in [0.05, 0.1) is 0 Å². The maximum Gasteiger partial charge on any atom is 0.247 e. The Morgan fingerprint density at radius 3 is 2.90 bits per heavy atom. The smallest absolute Gasteiger partial charge is 0.247 e. The van der Waals surface area contributed by atoms with Crippen LogP contribution in [0.15, 0.2) is 23.2 Å². The highest BCUT2D eigenvalue weighted by atomic mass is 32.2. The van der Waals surface area contributed by atoms with E-state index in [1.54, 1.807) is 29.7 Å².